The van der Waals surface area contributed by atoms with E-state index in [0.717, 1.165) is 0 Å². The number of carbonyl (C=O) groups excluding carboxylic acids is 1. The zero-order valence-electron chi connectivity index (χ0n) is 15.0. The van der Waals surface area contributed by atoms with Crippen LogP contribution in [0, 0.1) is 11.6 Å². The molecule has 29 heavy (non-hydrogen) atoms. The highest BCUT2D eigenvalue weighted by atomic mass is 19.1. The average molecular weight is 385 g/mol. The molecule has 0 unspecified atom stereocenters. The summed E-state index contributed by atoms with van der Waals surface area (Å²) in [6.45, 7) is 0. The number of rotatable bonds is 2. The minimum absolute atomic E-state index is 0.00206. The minimum atomic E-state index is -0.393. The van der Waals surface area contributed by atoms with E-state index < -0.39 is 5.82 Å². The Morgan fingerprint density at radius 3 is 2.14 bits per heavy atom. The zero-order valence-corrected chi connectivity index (χ0v) is 15.0. The number of anilines is 1. The number of nitrogens with two attached hydrogens (primary N) is 1. The second-order valence-electron chi connectivity index (χ2n) is 6.73. The quantitative estimate of drug-likeness (QED) is 0.470. The van der Waals surface area contributed by atoms with Gasteiger partial charge in [-0.05, 0) is 47.5 Å². The molecule has 0 saturated carbocycles. The lowest BCUT2D eigenvalue weighted by Crippen LogP contribution is -2.05. The Balaban J connectivity index is 1.81. The van der Waals surface area contributed by atoms with Crippen LogP contribution in [0.1, 0.15) is 15.9 Å². The van der Waals surface area contributed by atoms with E-state index >= 15 is 0 Å². The fourth-order valence-corrected chi connectivity index (χ4v) is 3.72. The van der Waals surface area contributed by atoms with Crippen LogP contribution in [-0.2, 0) is 0 Å². The van der Waals surface area contributed by atoms with Crippen LogP contribution in [0.4, 0.5) is 14.7 Å². The number of ketones is 1. The minimum Gasteiger partial charge on any atom is -0.368 e. The highest BCUT2D eigenvalue weighted by Gasteiger charge is 2.34. The van der Waals surface area contributed by atoms with Gasteiger partial charge in [0.2, 0.25) is 5.95 Å². The number of hydrogen-bond donors (Lipinski definition) is 1. The molecule has 0 amide bonds. The number of hydrogen-bond acceptors (Lipinski definition) is 4. The van der Waals surface area contributed by atoms with Gasteiger partial charge in [-0.25, -0.2) is 18.7 Å². The van der Waals surface area contributed by atoms with Gasteiger partial charge in [0.25, 0.3) is 0 Å². The number of halogens is 2. The van der Waals surface area contributed by atoms with Crippen molar-refractivity contribution >= 4 is 11.7 Å². The zero-order chi connectivity index (χ0) is 20.1. The summed E-state index contributed by atoms with van der Waals surface area (Å²) in [5, 5.41) is 0. The van der Waals surface area contributed by atoms with Crippen molar-refractivity contribution in [3.63, 3.8) is 0 Å². The van der Waals surface area contributed by atoms with E-state index in [1.807, 2.05) is 6.07 Å². The van der Waals surface area contributed by atoms with Gasteiger partial charge in [-0.3, -0.25) is 4.79 Å². The standard InChI is InChI=1S/C23H13F2N3O/c24-14-9-7-12(8-10-14)20-19-21(28-23(26)27-20)18-16(5-2-6-17(18)22(19)29)13-3-1-4-15(25)11-13/h1-11H,(H2,26,27,28). The summed E-state index contributed by atoms with van der Waals surface area (Å²) in [5.74, 6) is -1.01. The molecule has 6 heteroatoms. The molecular weight excluding hydrogens is 372 g/mol. The number of aromatic nitrogens is 2. The normalized spacial score (nSPS) is 12.0. The van der Waals surface area contributed by atoms with Crippen molar-refractivity contribution in [3.05, 3.63) is 89.5 Å². The molecule has 0 spiro atoms. The Morgan fingerprint density at radius 2 is 1.38 bits per heavy atom. The summed E-state index contributed by atoms with van der Waals surface area (Å²) in [4.78, 5) is 21.8. The Hall–Kier alpha value is -3.93. The molecule has 0 saturated heterocycles. The van der Waals surface area contributed by atoms with Gasteiger partial charge in [-0.1, -0.05) is 30.3 Å². The second-order valence-corrected chi connectivity index (χ2v) is 6.73. The van der Waals surface area contributed by atoms with Crippen molar-refractivity contribution in [1.82, 2.24) is 9.97 Å². The largest absolute Gasteiger partial charge is 0.368 e. The number of benzene rings is 3. The van der Waals surface area contributed by atoms with Crippen LogP contribution in [0.5, 0.6) is 0 Å². The lowest BCUT2D eigenvalue weighted by molar-refractivity contribution is 0.104. The van der Waals surface area contributed by atoms with Crippen molar-refractivity contribution in [2.24, 2.45) is 0 Å². The van der Waals surface area contributed by atoms with Crippen LogP contribution in [-0.4, -0.2) is 15.8 Å². The predicted molar refractivity (Wildman–Crippen MR) is 106 cm³/mol. The van der Waals surface area contributed by atoms with Crippen molar-refractivity contribution < 1.29 is 13.6 Å². The van der Waals surface area contributed by atoms with Crippen LogP contribution < -0.4 is 5.73 Å². The molecule has 0 atom stereocenters. The van der Waals surface area contributed by atoms with Gasteiger partial charge < -0.3 is 5.73 Å². The molecule has 4 nitrogen and oxygen atoms in total. The first-order valence-corrected chi connectivity index (χ1v) is 8.90. The van der Waals surface area contributed by atoms with Crippen LogP contribution in [0.3, 0.4) is 0 Å². The van der Waals surface area contributed by atoms with E-state index in [1.165, 1.54) is 24.3 Å². The second kappa shape index (κ2) is 6.31. The molecule has 2 N–H and O–H groups in total. The fourth-order valence-electron chi connectivity index (χ4n) is 3.72. The lowest BCUT2D eigenvalue weighted by atomic mass is 9.96. The Bertz CT molecular complexity index is 1300. The van der Waals surface area contributed by atoms with Crippen molar-refractivity contribution in [2.75, 3.05) is 5.73 Å². The van der Waals surface area contributed by atoms with Crippen LogP contribution >= 0.6 is 0 Å². The summed E-state index contributed by atoms with van der Waals surface area (Å²) in [6, 6.07) is 17.1. The maximum atomic E-state index is 13.8. The molecular formula is C23H13F2N3O. The van der Waals surface area contributed by atoms with Gasteiger partial charge in [-0.15, -0.1) is 0 Å². The predicted octanol–water partition coefficient (Wildman–Crippen LogP) is 4.88. The monoisotopic (exact) mass is 385 g/mol. The van der Waals surface area contributed by atoms with Gasteiger partial charge in [0.05, 0.1) is 17.0 Å². The van der Waals surface area contributed by atoms with Gasteiger partial charge in [0, 0.05) is 16.7 Å². The highest BCUT2D eigenvalue weighted by molar-refractivity contribution is 6.25. The van der Waals surface area contributed by atoms with Crippen molar-refractivity contribution in [3.8, 4) is 33.6 Å². The number of nitrogens with zero attached hydrogens (tertiary/aromatic N) is 2. The molecule has 1 aromatic heterocycles. The van der Waals surface area contributed by atoms with E-state index in [9.17, 15) is 13.6 Å². The Kier molecular flexibility index (Phi) is 3.74. The van der Waals surface area contributed by atoms with Gasteiger partial charge in [0.15, 0.2) is 5.78 Å². The third-order valence-electron chi connectivity index (χ3n) is 4.95. The van der Waals surface area contributed by atoms with E-state index in [-0.39, 0.29) is 17.5 Å². The third-order valence-corrected chi connectivity index (χ3v) is 4.95. The number of fused-ring (bicyclic) bond motifs is 3. The summed E-state index contributed by atoms with van der Waals surface area (Å²) in [7, 11) is 0. The highest BCUT2D eigenvalue weighted by Crippen LogP contribution is 2.44. The Labute approximate surface area is 164 Å². The first-order valence-electron chi connectivity index (χ1n) is 8.90. The van der Waals surface area contributed by atoms with E-state index in [4.69, 9.17) is 5.73 Å². The summed E-state index contributed by atoms with van der Waals surface area (Å²) < 4.78 is 27.2. The lowest BCUT2D eigenvalue weighted by Gasteiger charge is -2.10. The van der Waals surface area contributed by atoms with Gasteiger partial charge in [0.1, 0.15) is 11.6 Å². The van der Waals surface area contributed by atoms with E-state index in [0.29, 0.717) is 44.8 Å². The molecule has 1 aliphatic carbocycles. The summed E-state index contributed by atoms with van der Waals surface area (Å²) in [6.07, 6.45) is 0. The van der Waals surface area contributed by atoms with E-state index in [1.54, 1.807) is 36.4 Å². The van der Waals surface area contributed by atoms with Gasteiger partial charge in [-0.2, -0.15) is 0 Å². The number of carbonyl (C=O) groups is 1. The topological polar surface area (TPSA) is 68.9 Å². The summed E-state index contributed by atoms with van der Waals surface area (Å²) in [5.41, 5.74) is 9.91. The third kappa shape index (κ3) is 2.69. The number of nitrogen functional groups attached to an aromatic ring is 1. The molecule has 1 heterocycles. The van der Waals surface area contributed by atoms with Crippen LogP contribution in [0.15, 0.2) is 66.7 Å². The first kappa shape index (κ1) is 17.2. The molecule has 0 bridgehead atoms. The SMILES string of the molecule is Nc1nc(-c2ccc(F)cc2)c2c(n1)-c1c(cccc1-c1cccc(F)c1)C2=O. The maximum absolute atomic E-state index is 13.8. The van der Waals surface area contributed by atoms with E-state index in [2.05, 4.69) is 9.97 Å². The molecule has 4 aromatic rings. The molecule has 0 fully saturated rings. The molecule has 5 rings (SSSR count). The first-order chi connectivity index (χ1) is 14.0. The van der Waals surface area contributed by atoms with Crippen molar-refractivity contribution in [1.29, 1.82) is 0 Å². The Morgan fingerprint density at radius 1 is 0.690 bits per heavy atom. The van der Waals surface area contributed by atoms with Crippen LogP contribution in [0.25, 0.3) is 33.6 Å². The molecule has 140 valence electrons. The maximum Gasteiger partial charge on any atom is 0.221 e. The molecule has 0 radical (unpaired) electrons. The molecule has 0 aliphatic heterocycles. The summed E-state index contributed by atoms with van der Waals surface area (Å²) >= 11 is 0. The smallest absolute Gasteiger partial charge is 0.221 e. The molecule has 1 aliphatic rings. The van der Waals surface area contributed by atoms with Crippen molar-refractivity contribution in [2.45, 2.75) is 0 Å². The fraction of sp³-hybridized carbons (Fsp3) is 0. The molecule has 3 aromatic carbocycles. The van der Waals surface area contributed by atoms with Gasteiger partial charge >= 0.3 is 0 Å². The van der Waals surface area contributed by atoms with Crippen LogP contribution in [0.2, 0.25) is 0 Å². The average Bonchev–Trinajstić information content (AvgIpc) is 3.00.